The molecule has 13 heteroatoms. The van der Waals surface area contributed by atoms with Gasteiger partial charge in [-0.3, -0.25) is 4.79 Å². The van der Waals surface area contributed by atoms with E-state index < -0.39 is 23.8 Å². The van der Waals surface area contributed by atoms with E-state index in [-0.39, 0.29) is 48.2 Å². The Hall–Kier alpha value is -4.10. The van der Waals surface area contributed by atoms with Gasteiger partial charge in [0, 0.05) is 6.20 Å². The number of aliphatic hydroxyl groups excluding tert-OH is 1. The zero-order valence-electron chi connectivity index (χ0n) is 18.0. The number of ether oxygens (including phenoxy) is 2. The van der Waals surface area contributed by atoms with E-state index in [1.54, 1.807) is 18.2 Å². The third-order valence-corrected chi connectivity index (χ3v) is 4.73. The second-order valence-electron chi connectivity index (χ2n) is 7.10. The molecule has 1 unspecified atom stereocenters. The molecule has 0 fully saturated rings. The van der Waals surface area contributed by atoms with Gasteiger partial charge in [-0.2, -0.15) is 18.3 Å². The van der Waals surface area contributed by atoms with Crippen molar-refractivity contribution >= 4 is 22.8 Å². The summed E-state index contributed by atoms with van der Waals surface area (Å²) in [7, 11) is 0. The van der Waals surface area contributed by atoms with Gasteiger partial charge in [-0.25, -0.2) is 19.6 Å². The number of pyridine rings is 1. The lowest BCUT2D eigenvalue weighted by Crippen LogP contribution is -2.37. The predicted octanol–water partition coefficient (Wildman–Crippen LogP) is 2.62. The predicted molar refractivity (Wildman–Crippen MR) is 117 cm³/mol. The van der Waals surface area contributed by atoms with Crippen molar-refractivity contribution in [1.82, 2.24) is 24.7 Å². The van der Waals surface area contributed by atoms with Crippen molar-refractivity contribution in [3.63, 3.8) is 0 Å². The maximum Gasteiger partial charge on any atom is 0.418 e. The molecule has 2 N–H and O–H groups in total. The molecule has 0 radical (unpaired) electrons. The number of anilines is 1. The summed E-state index contributed by atoms with van der Waals surface area (Å²) in [5, 5.41) is 15.8. The molecule has 182 valence electrons. The van der Waals surface area contributed by atoms with Crippen LogP contribution in [0.25, 0.3) is 16.7 Å². The van der Waals surface area contributed by atoms with Crippen molar-refractivity contribution in [2.45, 2.75) is 12.3 Å². The van der Waals surface area contributed by atoms with Crippen LogP contribution in [0, 0.1) is 0 Å². The first kappa shape index (κ1) is 24.0. The van der Waals surface area contributed by atoms with Gasteiger partial charge in [-0.1, -0.05) is 18.2 Å². The number of carbonyl (C=O) groups is 1. The highest BCUT2D eigenvalue weighted by Crippen LogP contribution is 2.35. The largest absolute Gasteiger partial charge is 0.461 e. The summed E-state index contributed by atoms with van der Waals surface area (Å²) in [6, 6.07) is 9.88. The fraction of sp³-hybridized carbons (Fsp3) is 0.227. The maximum atomic E-state index is 13.5. The molecular formula is C22H19F3N6O4. The first-order valence-electron chi connectivity index (χ1n) is 10.3. The Bertz CT molecular complexity index is 1300. The summed E-state index contributed by atoms with van der Waals surface area (Å²) in [6.07, 6.45) is -2.00. The van der Waals surface area contributed by atoms with Gasteiger partial charge in [-0.05, 0) is 24.3 Å². The van der Waals surface area contributed by atoms with E-state index in [1.165, 1.54) is 30.6 Å². The fourth-order valence-electron chi connectivity index (χ4n) is 3.19. The quantitative estimate of drug-likeness (QED) is 0.345. The molecule has 0 saturated carbocycles. The van der Waals surface area contributed by atoms with E-state index in [1.807, 2.05) is 0 Å². The Morgan fingerprint density at radius 2 is 1.91 bits per heavy atom. The maximum absolute atomic E-state index is 13.5. The number of carbonyl (C=O) groups excluding carboxylic acids is 1. The number of nitrogens with one attached hydrogen (secondary N) is 1. The summed E-state index contributed by atoms with van der Waals surface area (Å²) in [6.45, 7) is -0.546. The molecule has 4 rings (SSSR count). The number of benzene rings is 1. The molecule has 0 spiro atoms. The minimum Gasteiger partial charge on any atom is -0.461 e. The number of nitrogens with zero attached hydrogens (tertiary/aromatic N) is 5. The summed E-state index contributed by atoms with van der Waals surface area (Å²) >= 11 is 0. The highest BCUT2D eigenvalue weighted by molar-refractivity contribution is 5.94. The second-order valence-corrected chi connectivity index (χ2v) is 7.10. The Morgan fingerprint density at radius 3 is 2.66 bits per heavy atom. The van der Waals surface area contributed by atoms with Crippen LogP contribution in [0.15, 0.2) is 61.2 Å². The third-order valence-electron chi connectivity index (χ3n) is 4.73. The minimum atomic E-state index is -4.61. The van der Waals surface area contributed by atoms with Crippen LogP contribution in [-0.2, 0) is 15.7 Å². The van der Waals surface area contributed by atoms with E-state index in [0.29, 0.717) is 0 Å². The van der Waals surface area contributed by atoms with Crippen LogP contribution >= 0.6 is 0 Å². The number of para-hydroxylation sites is 1. The van der Waals surface area contributed by atoms with Crippen LogP contribution in [0.5, 0.6) is 5.88 Å². The lowest BCUT2D eigenvalue weighted by Gasteiger charge is -2.18. The van der Waals surface area contributed by atoms with Gasteiger partial charge >= 0.3 is 6.18 Å². The standard InChI is InChI=1S/C22H19F3N6O4/c23-22(24,25)15-5-1-2-6-16(15)31-19-14(11-29-31)21(28-13-27-19)35-17(12-34-10-9-32)20(33)30-18-7-3-4-8-26-18/h1-8,11,13,17,32H,9-10,12H2,(H,26,30,33). The number of aromatic nitrogens is 5. The summed E-state index contributed by atoms with van der Waals surface area (Å²) < 4.78 is 52.7. The van der Waals surface area contributed by atoms with Gasteiger partial charge in [0.2, 0.25) is 12.0 Å². The zero-order chi connectivity index (χ0) is 24.8. The van der Waals surface area contributed by atoms with Gasteiger partial charge in [0.05, 0.1) is 37.3 Å². The molecule has 1 atom stereocenters. The monoisotopic (exact) mass is 488 g/mol. The van der Waals surface area contributed by atoms with Crippen molar-refractivity contribution in [3.05, 3.63) is 66.7 Å². The summed E-state index contributed by atoms with van der Waals surface area (Å²) in [5.41, 5.74) is -1.07. The Morgan fingerprint density at radius 1 is 1.11 bits per heavy atom. The smallest absolute Gasteiger partial charge is 0.418 e. The van der Waals surface area contributed by atoms with Crippen molar-refractivity contribution in [1.29, 1.82) is 0 Å². The van der Waals surface area contributed by atoms with Gasteiger partial charge in [0.25, 0.3) is 5.91 Å². The molecule has 0 aliphatic carbocycles. The summed E-state index contributed by atoms with van der Waals surface area (Å²) in [5.74, 6) is -0.416. The molecule has 3 heterocycles. The minimum absolute atomic E-state index is 0.0396. The molecule has 0 bridgehead atoms. The molecule has 35 heavy (non-hydrogen) atoms. The Kier molecular flexibility index (Phi) is 7.17. The second kappa shape index (κ2) is 10.4. The van der Waals surface area contributed by atoms with E-state index >= 15 is 0 Å². The molecule has 3 aromatic heterocycles. The van der Waals surface area contributed by atoms with Gasteiger partial charge in [0.15, 0.2) is 5.65 Å². The van der Waals surface area contributed by atoms with Crippen molar-refractivity contribution in [2.75, 3.05) is 25.1 Å². The van der Waals surface area contributed by atoms with Crippen LogP contribution in [-0.4, -0.2) is 61.7 Å². The van der Waals surface area contributed by atoms with Gasteiger partial charge in [0.1, 0.15) is 17.5 Å². The van der Waals surface area contributed by atoms with E-state index in [2.05, 4.69) is 25.4 Å². The molecule has 0 aliphatic heterocycles. The molecule has 4 aromatic rings. The van der Waals surface area contributed by atoms with Crippen LogP contribution in [0.2, 0.25) is 0 Å². The van der Waals surface area contributed by atoms with E-state index in [9.17, 15) is 18.0 Å². The topological polar surface area (TPSA) is 124 Å². The van der Waals surface area contributed by atoms with Crippen LogP contribution < -0.4 is 10.1 Å². The average molecular weight is 488 g/mol. The molecular weight excluding hydrogens is 469 g/mol. The number of fused-ring (bicyclic) bond motifs is 1. The van der Waals surface area contributed by atoms with Gasteiger partial charge < -0.3 is 19.9 Å². The normalized spacial score (nSPS) is 12.5. The zero-order valence-corrected chi connectivity index (χ0v) is 18.0. The summed E-state index contributed by atoms with van der Waals surface area (Å²) in [4.78, 5) is 24.9. The van der Waals surface area contributed by atoms with Crippen LogP contribution in [0.1, 0.15) is 5.56 Å². The number of amides is 1. The fourth-order valence-corrected chi connectivity index (χ4v) is 3.19. The van der Waals surface area contributed by atoms with Crippen molar-refractivity contribution < 1.29 is 32.5 Å². The van der Waals surface area contributed by atoms with Crippen LogP contribution in [0.4, 0.5) is 19.0 Å². The van der Waals surface area contributed by atoms with Crippen LogP contribution in [0.3, 0.4) is 0 Å². The number of alkyl halides is 3. The first-order valence-corrected chi connectivity index (χ1v) is 10.3. The Labute approximate surface area is 196 Å². The number of aliphatic hydroxyl groups is 1. The molecule has 10 nitrogen and oxygen atoms in total. The van der Waals surface area contributed by atoms with Crippen molar-refractivity contribution in [3.8, 4) is 11.6 Å². The lowest BCUT2D eigenvalue weighted by atomic mass is 10.1. The lowest BCUT2D eigenvalue weighted by molar-refractivity contribution is -0.137. The van der Waals surface area contributed by atoms with E-state index in [0.717, 1.165) is 17.1 Å². The average Bonchev–Trinajstić information content (AvgIpc) is 3.28. The van der Waals surface area contributed by atoms with Gasteiger partial charge in [-0.15, -0.1) is 0 Å². The third kappa shape index (κ3) is 5.53. The molecule has 0 aliphatic rings. The van der Waals surface area contributed by atoms with E-state index in [4.69, 9.17) is 14.6 Å². The molecule has 1 aromatic carbocycles. The molecule has 0 saturated heterocycles. The number of halogens is 3. The van der Waals surface area contributed by atoms with Crippen molar-refractivity contribution in [2.24, 2.45) is 0 Å². The number of hydrogen-bond acceptors (Lipinski definition) is 8. The Balaban J connectivity index is 1.66. The number of rotatable bonds is 9. The highest BCUT2D eigenvalue weighted by Gasteiger charge is 2.34. The highest BCUT2D eigenvalue weighted by atomic mass is 19.4. The SMILES string of the molecule is O=C(Nc1ccccn1)C(COCCO)Oc1ncnc2c1cnn2-c1ccccc1C(F)(F)F. The first-order chi connectivity index (χ1) is 16.9. The number of hydrogen-bond donors (Lipinski definition) is 2. The molecule has 1 amide bonds.